The zero-order valence-corrected chi connectivity index (χ0v) is 17.5. The first kappa shape index (κ1) is 21.1. The SMILES string of the molecule is Cc1cc(S(=O)(=O)c2ccc(Br)cc2)c(S(C)(=O)=O)cc1C(=O)N=C(N)N. The van der Waals surface area contributed by atoms with Gasteiger partial charge in [0.05, 0.1) is 14.7 Å². The monoisotopic (exact) mass is 473 g/mol. The lowest BCUT2D eigenvalue weighted by Gasteiger charge is -2.13. The highest BCUT2D eigenvalue weighted by molar-refractivity contribution is 9.10. The first-order chi connectivity index (χ1) is 12.3. The van der Waals surface area contributed by atoms with E-state index in [1.165, 1.54) is 31.2 Å². The molecule has 0 unspecified atom stereocenters. The summed E-state index contributed by atoms with van der Waals surface area (Å²) in [5, 5.41) is 0. The minimum atomic E-state index is -4.15. The predicted molar refractivity (Wildman–Crippen MR) is 104 cm³/mol. The standard InChI is InChI=1S/C16H16BrN3O5S2/c1-9-7-14(27(24,25)11-5-3-10(17)4-6-11)13(26(2,22)23)8-12(9)15(21)20-16(18)19/h3-8H,1-2H3,(H4,18,19,20,21). The summed E-state index contributed by atoms with van der Waals surface area (Å²) in [6, 6.07) is 7.85. The van der Waals surface area contributed by atoms with Crippen molar-refractivity contribution >= 4 is 47.5 Å². The number of benzene rings is 2. The van der Waals surface area contributed by atoms with E-state index in [-0.39, 0.29) is 16.0 Å². The molecule has 1 amide bonds. The number of halogens is 1. The Morgan fingerprint density at radius 2 is 1.56 bits per heavy atom. The Balaban J connectivity index is 2.81. The van der Waals surface area contributed by atoms with Crippen LogP contribution in [0.2, 0.25) is 0 Å². The van der Waals surface area contributed by atoms with Gasteiger partial charge < -0.3 is 11.5 Å². The van der Waals surface area contributed by atoms with Crippen molar-refractivity contribution in [1.29, 1.82) is 0 Å². The Hall–Kier alpha value is -2.24. The van der Waals surface area contributed by atoms with Crippen molar-refractivity contribution in [2.24, 2.45) is 16.5 Å². The first-order valence-electron chi connectivity index (χ1n) is 7.33. The molecular weight excluding hydrogens is 458 g/mol. The summed E-state index contributed by atoms with van der Waals surface area (Å²) in [5.74, 6) is -1.36. The van der Waals surface area contributed by atoms with Crippen LogP contribution >= 0.6 is 15.9 Å². The summed E-state index contributed by atoms with van der Waals surface area (Å²) in [7, 11) is -8.14. The fourth-order valence-corrected chi connectivity index (χ4v) is 5.52. The molecule has 0 aromatic heterocycles. The largest absolute Gasteiger partial charge is 0.370 e. The molecule has 0 heterocycles. The molecular formula is C16H16BrN3O5S2. The van der Waals surface area contributed by atoms with Crippen LogP contribution < -0.4 is 11.5 Å². The van der Waals surface area contributed by atoms with Gasteiger partial charge in [-0.1, -0.05) is 15.9 Å². The van der Waals surface area contributed by atoms with Crippen LogP contribution in [0.3, 0.4) is 0 Å². The minimum absolute atomic E-state index is 0.0849. The van der Waals surface area contributed by atoms with Crippen molar-refractivity contribution in [2.75, 3.05) is 6.26 Å². The summed E-state index contributed by atoms with van der Waals surface area (Å²) < 4.78 is 51.1. The molecule has 0 saturated heterocycles. The summed E-state index contributed by atoms with van der Waals surface area (Å²) in [6.07, 6.45) is 0.854. The minimum Gasteiger partial charge on any atom is -0.370 e. The first-order valence-corrected chi connectivity index (χ1v) is 11.5. The van der Waals surface area contributed by atoms with E-state index < -0.39 is 41.3 Å². The van der Waals surface area contributed by atoms with Gasteiger partial charge in [0.15, 0.2) is 15.8 Å². The van der Waals surface area contributed by atoms with Crippen LogP contribution in [0.15, 0.2) is 60.5 Å². The molecule has 2 rings (SSSR count). The Morgan fingerprint density at radius 1 is 1.00 bits per heavy atom. The molecule has 11 heteroatoms. The molecule has 0 aliphatic heterocycles. The van der Waals surface area contributed by atoms with Gasteiger partial charge >= 0.3 is 0 Å². The summed E-state index contributed by atoms with van der Waals surface area (Å²) in [4.78, 5) is 14.5. The van der Waals surface area contributed by atoms with Crippen LogP contribution in [-0.4, -0.2) is 35.0 Å². The number of carbonyl (C=O) groups is 1. The number of guanidine groups is 1. The van der Waals surface area contributed by atoms with Crippen LogP contribution in [0.1, 0.15) is 15.9 Å². The van der Waals surface area contributed by atoms with Crippen molar-refractivity contribution in [2.45, 2.75) is 21.6 Å². The molecule has 0 fully saturated rings. The fraction of sp³-hybridized carbons (Fsp3) is 0.125. The molecule has 0 atom stereocenters. The number of rotatable bonds is 4. The molecule has 2 aromatic rings. The number of nitrogens with two attached hydrogens (primary N) is 2. The van der Waals surface area contributed by atoms with Crippen LogP contribution in [0, 0.1) is 6.92 Å². The second-order valence-corrected chi connectivity index (χ2v) is 10.5. The molecule has 0 bridgehead atoms. The molecule has 4 N–H and O–H groups in total. The third-order valence-corrected chi connectivity index (χ3v) is 7.17. The van der Waals surface area contributed by atoms with Gasteiger partial charge in [-0.05, 0) is 48.9 Å². The second kappa shape index (κ2) is 7.41. The van der Waals surface area contributed by atoms with Crippen molar-refractivity contribution in [3.8, 4) is 0 Å². The smallest absolute Gasteiger partial charge is 0.280 e. The Labute approximate surface area is 165 Å². The van der Waals surface area contributed by atoms with Crippen LogP contribution in [0.5, 0.6) is 0 Å². The Kier molecular flexibility index (Phi) is 5.78. The maximum Gasteiger partial charge on any atom is 0.280 e. The van der Waals surface area contributed by atoms with E-state index in [1.807, 2.05) is 0 Å². The van der Waals surface area contributed by atoms with Crippen molar-refractivity contribution < 1.29 is 21.6 Å². The van der Waals surface area contributed by atoms with Crippen LogP contribution in [-0.2, 0) is 19.7 Å². The molecule has 27 heavy (non-hydrogen) atoms. The lowest BCUT2D eigenvalue weighted by Crippen LogP contribution is -2.24. The Morgan fingerprint density at radius 3 is 2.04 bits per heavy atom. The van der Waals surface area contributed by atoms with Gasteiger partial charge in [-0.2, -0.15) is 4.99 Å². The second-order valence-electron chi connectivity index (χ2n) is 5.69. The molecule has 2 aromatic carbocycles. The fourth-order valence-electron chi connectivity index (χ4n) is 2.31. The molecule has 0 aliphatic rings. The average molecular weight is 474 g/mol. The number of aryl methyl sites for hydroxylation is 1. The van der Waals surface area contributed by atoms with E-state index >= 15 is 0 Å². The topological polar surface area (TPSA) is 150 Å². The predicted octanol–water partition coefficient (Wildman–Crippen LogP) is 1.41. The molecule has 0 radical (unpaired) electrons. The lowest BCUT2D eigenvalue weighted by atomic mass is 10.1. The zero-order valence-electron chi connectivity index (χ0n) is 14.3. The van der Waals surface area contributed by atoms with Gasteiger partial charge in [-0.15, -0.1) is 0 Å². The van der Waals surface area contributed by atoms with Gasteiger partial charge in [-0.3, -0.25) is 4.79 Å². The van der Waals surface area contributed by atoms with Gasteiger partial charge in [0.2, 0.25) is 9.84 Å². The van der Waals surface area contributed by atoms with E-state index in [2.05, 4.69) is 20.9 Å². The van der Waals surface area contributed by atoms with Crippen molar-refractivity contribution in [3.05, 3.63) is 52.0 Å². The van der Waals surface area contributed by atoms with Crippen molar-refractivity contribution in [1.82, 2.24) is 0 Å². The van der Waals surface area contributed by atoms with E-state index in [4.69, 9.17) is 11.5 Å². The number of nitrogens with zero attached hydrogens (tertiary/aromatic N) is 1. The summed E-state index contributed by atoms with van der Waals surface area (Å²) in [6.45, 7) is 1.46. The molecule has 0 aliphatic carbocycles. The van der Waals surface area contributed by atoms with Crippen LogP contribution in [0.25, 0.3) is 0 Å². The van der Waals surface area contributed by atoms with Crippen molar-refractivity contribution in [3.63, 3.8) is 0 Å². The lowest BCUT2D eigenvalue weighted by molar-refractivity contribution is 0.100. The van der Waals surface area contributed by atoms with Gasteiger partial charge in [-0.25, -0.2) is 16.8 Å². The number of sulfone groups is 2. The highest BCUT2D eigenvalue weighted by Crippen LogP contribution is 2.31. The Bertz CT molecular complexity index is 1150. The number of hydrogen-bond donors (Lipinski definition) is 2. The van der Waals surface area contributed by atoms with Crippen LogP contribution in [0.4, 0.5) is 0 Å². The average Bonchev–Trinajstić information content (AvgIpc) is 2.53. The molecule has 0 saturated carbocycles. The number of hydrogen-bond acceptors (Lipinski definition) is 5. The van der Waals surface area contributed by atoms with Gasteiger partial charge in [0.1, 0.15) is 0 Å². The van der Waals surface area contributed by atoms with E-state index in [1.54, 1.807) is 0 Å². The third-order valence-electron chi connectivity index (χ3n) is 3.56. The van der Waals surface area contributed by atoms with E-state index in [0.29, 0.717) is 4.47 Å². The maximum atomic E-state index is 13.0. The highest BCUT2D eigenvalue weighted by atomic mass is 79.9. The molecule has 144 valence electrons. The number of aliphatic imine (C=N–C) groups is 1. The quantitative estimate of drug-likeness (QED) is 0.502. The number of carbonyl (C=O) groups excluding carboxylic acids is 1. The zero-order chi connectivity index (χ0) is 20.6. The number of amides is 1. The third kappa shape index (κ3) is 4.54. The summed E-state index contributed by atoms with van der Waals surface area (Å²) >= 11 is 3.21. The van der Waals surface area contributed by atoms with E-state index in [0.717, 1.165) is 18.4 Å². The molecule has 8 nitrogen and oxygen atoms in total. The van der Waals surface area contributed by atoms with E-state index in [9.17, 15) is 21.6 Å². The van der Waals surface area contributed by atoms with Gasteiger partial charge in [0.25, 0.3) is 5.91 Å². The maximum absolute atomic E-state index is 13.0. The highest BCUT2D eigenvalue weighted by Gasteiger charge is 2.28. The normalized spacial score (nSPS) is 11.8. The molecule has 0 spiro atoms. The summed E-state index contributed by atoms with van der Waals surface area (Å²) in [5.41, 5.74) is 10.5. The van der Waals surface area contributed by atoms with Gasteiger partial charge in [0, 0.05) is 16.3 Å².